The van der Waals surface area contributed by atoms with E-state index in [2.05, 4.69) is 10.6 Å². The van der Waals surface area contributed by atoms with Crippen molar-refractivity contribution in [1.82, 2.24) is 5.32 Å². The van der Waals surface area contributed by atoms with Crippen molar-refractivity contribution < 1.29 is 14.3 Å². The summed E-state index contributed by atoms with van der Waals surface area (Å²) >= 11 is 1.65. The van der Waals surface area contributed by atoms with Gasteiger partial charge in [-0.3, -0.25) is 9.59 Å². The van der Waals surface area contributed by atoms with Gasteiger partial charge in [0, 0.05) is 36.0 Å². The molecule has 0 saturated heterocycles. The van der Waals surface area contributed by atoms with Crippen LogP contribution in [0.5, 0.6) is 5.75 Å². The van der Waals surface area contributed by atoms with Crippen LogP contribution in [0.4, 0.5) is 5.69 Å². The number of thiophene rings is 1. The average Bonchev–Trinajstić information content (AvgIpc) is 3.04. The van der Waals surface area contributed by atoms with Gasteiger partial charge < -0.3 is 15.4 Å². The maximum atomic E-state index is 12.0. The van der Waals surface area contributed by atoms with Crippen LogP contribution in [0, 0.1) is 0 Å². The summed E-state index contributed by atoms with van der Waals surface area (Å²) in [4.78, 5) is 24.3. The van der Waals surface area contributed by atoms with Gasteiger partial charge in [-0.2, -0.15) is 0 Å². The molecule has 0 saturated carbocycles. The maximum absolute atomic E-state index is 12.0. The number of rotatable bonds is 7. The minimum atomic E-state index is -0.138. The fraction of sp³-hybridized carbons (Fsp3) is 0.294. The molecule has 2 N–H and O–H groups in total. The van der Waals surface area contributed by atoms with E-state index in [0.717, 1.165) is 12.0 Å². The number of benzene rings is 1. The van der Waals surface area contributed by atoms with Crippen LogP contribution in [0.2, 0.25) is 0 Å². The number of carbonyl (C=O) groups is 2. The number of hydrogen-bond acceptors (Lipinski definition) is 4. The van der Waals surface area contributed by atoms with Gasteiger partial charge in [0.2, 0.25) is 11.8 Å². The summed E-state index contributed by atoms with van der Waals surface area (Å²) in [6.45, 7) is 1.82. The number of anilines is 1. The van der Waals surface area contributed by atoms with E-state index in [1.54, 1.807) is 36.6 Å². The third-order valence-corrected chi connectivity index (χ3v) is 4.19. The van der Waals surface area contributed by atoms with Crippen molar-refractivity contribution in [2.45, 2.75) is 26.3 Å². The zero-order valence-corrected chi connectivity index (χ0v) is 14.0. The first kappa shape index (κ1) is 17.0. The van der Waals surface area contributed by atoms with Crippen LogP contribution in [0.15, 0.2) is 35.7 Å². The Hall–Kier alpha value is -2.34. The molecule has 0 fully saturated rings. The summed E-state index contributed by atoms with van der Waals surface area (Å²) in [5.74, 6) is 0.532. The molecule has 23 heavy (non-hydrogen) atoms. The van der Waals surface area contributed by atoms with Crippen molar-refractivity contribution in [2.75, 3.05) is 12.4 Å². The lowest BCUT2D eigenvalue weighted by molar-refractivity contribution is -0.121. The molecule has 0 aliphatic rings. The van der Waals surface area contributed by atoms with Crippen molar-refractivity contribution in [3.8, 4) is 5.75 Å². The highest BCUT2D eigenvalue weighted by Gasteiger charge is 2.08. The number of methoxy groups -OCH3 is 1. The van der Waals surface area contributed by atoms with Crippen LogP contribution in [0.3, 0.4) is 0 Å². The Kier molecular flexibility index (Phi) is 6.17. The Morgan fingerprint density at radius 1 is 1.26 bits per heavy atom. The van der Waals surface area contributed by atoms with Gasteiger partial charge in [-0.05, 0) is 36.1 Å². The fourth-order valence-electron chi connectivity index (χ4n) is 2.17. The molecule has 2 amide bonds. The summed E-state index contributed by atoms with van der Waals surface area (Å²) in [6, 6.07) is 9.36. The van der Waals surface area contributed by atoms with Gasteiger partial charge in [-0.1, -0.05) is 6.07 Å². The number of carbonyl (C=O) groups excluding carboxylic acids is 2. The van der Waals surface area contributed by atoms with E-state index in [0.29, 0.717) is 24.4 Å². The van der Waals surface area contributed by atoms with Gasteiger partial charge in [0.15, 0.2) is 0 Å². The number of aryl methyl sites for hydroxylation is 1. The van der Waals surface area contributed by atoms with Crippen molar-refractivity contribution in [3.05, 3.63) is 46.2 Å². The standard InChI is InChI=1S/C17H20N2O3S/c1-12(20)19-14-5-7-16(22-2)13(10-14)11-18-17(21)8-6-15-4-3-9-23-15/h3-5,7,9-10H,6,8,11H2,1-2H3,(H,18,21)(H,19,20). The summed E-state index contributed by atoms with van der Waals surface area (Å²) < 4.78 is 5.29. The molecule has 5 nitrogen and oxygen atoms in total. The topological polar surface area (TPSA) is 67.4 Å². The third-order valence-electron chi connectivity index (χ3n) is 3.26. The lowest BCUT2D eigenvalue weighted by Gasteiger charge is -2.12. The summed E-state index contributed by atoms with van der Waals surface area (Å²) in [5, 5.41) is 7.62. The van der Waals surface area contributed by atoms with Gasteiger partial charge in [-0.15, -0.1) is 11.3 Å². The van der Waals surface area contributed by atoms with Crippen LogP contribution < -0.4 is 15.4 Å². The minimum absolute atomic E-state index is 0.00890. The molecule has 0 unspecified atom stereocenters. The first-order valence-corrected chi connectivity index (χ1v) is 8.20. The Labute approximate surface area is 139 Å². The Balaban J connectivity index is 1.92. The molecule has 0 atom stereocenters. The zero-order chi connectivity index (χ0) is 16.7. The van der Waals surface area contributed by atoms with Crippen LogP contribution in [0.25, 0.3) is 0 Å². The number of amides is 2. The molecular formula is C17H20N2O3S. The lowest BCUT2D eigenvalue weighted by Crippen LogP contribution is -2.23. The molecule has 0 radical (unpaired) electrons. The van der Waals surface area contributed by atoms with Crippen molar-refractivity contribution in [3.63, 3.8) is 0 Å². The van der Waals surface area contributed by atoms with E-state index in [9.17, 15) is 9.59 Å². The van der Waals surface area contributed by atoms with Gasteiger partial charge >= 0.3 is 0 Å². The summed E-state index contributed by atoms with van der Waals surface area (Å²) in [5.41, 5.74) is 1.50. The second-order valence-corrected chi connectivity index (χ2v) is 6.10. The Morgan fingerprint density at radius 2 is 2.09 bits per heavy atom. The van der Waals surface area contributed by atoms with Crippen LogP contribution >= 0.6 is 11.3 Å². The number of nitrogens with one attached hydrogen (secondary N) is 2. The van der Waals surface area contributed by atoms with E-state index in [1.807, 2.05) is 17.5 Å². The molecule has 1 aromatic carbocycles. The van der Waals surface area contributed by atoms with E-state index >= 15 is 0 Å². The molecule has 6 heteroatoms. The van der Waals surface area contributed by atoms with Gasteiger partial charge in [-0.25, -0.2) is 0 Å². The lowest BCUT2D eigenvalue weighted by atomic mass is 10.1. The molecule has 1 heterocycles. The summed E-state index contributed by atoms with van der Waals surface area (Å²) in [6.07, 6.45) is 1.20. The van der Waals surface area contributed by atoms with Crippen LogP contribution in [0.1, 0.15) is 23.8 Å². The SMILES string of the molecule is COc1ccc(NC(C)=O)cc1CNC(=O)CCc1cccs1. The van der Waals surface area contributed by atoms with Crippen molar-refractivity contribution >= 4 is 28.8 Å². The Bertz CT molecular complexity index is 668. The molecule has 2 rings (SSSR count). The summed E-state index contributed by atoms with van der Waals surface area (Å²) in [7, 11) is 1.58. The maximum Gasteiger partial charge on any atom is 0.221 e. The number of hydrogen-bond donors (Lipinski definition) is 2. The van der Waals surface area contributed by atoms with Crippen molar-refractivity contribution in [2.24, 2.45) is 0 Å². The smallest absolute Gasteiger partial charge is 0.221 e. The highest BCUT2D eigenvalue weighted by Crippen LogP contribution is 2.22. The first-order chi connectivity index (χ1) is 11.1. The normalized spacial score (nSPS) is 10.2. The quantitative estimate of drug-likeness (QED) is 0.819. The van der Waals surface area contributed by atoms with E-state index in [4.69, 9.17) is 4.74 Å². The first-order valence-electron chi connectivity index (χ1n) is 7.32. The molecule has 2 aromatic rings. The van der Waals surface area contributed by atoms with Gasteiger partial charge in [0.1, 0.15) is 5.75 Å². The Morgan fingerprint density at radius 3 is 2.74 bits per heavy atom. The second kappa shape index (κ2) is 8.33. The van der Waals surface area contributed by atoms with Crippen LogP contribution in [-0.2, 0) is 22.6 Å². The largest absolute Gasteiger partial charge is 0.496 e. The molecule has 0 aliphatic carbocycles. The average molecular weight is 332 g/mol. The highest BCUT2D eigenvalue weighted by atomic mass is 32.1. The van der Waals surface area contributed by atoms with Gasteiger partial charge in [0.25, 0.3) is 0 Å². The van der Waals surface area contributed by atoms with E-state index in [1.165, 1.54) is 11.8 Å². The molecule has 1 aromatic heterocycles. The molecule has 0 aliphatic heterocycles. The number of ether oxygens (including phenoxy) is 1. The van der Waals surface area contributed by atoms with E-state index < -0.39 is 0 Å². The molecular weight excluding hydrogens is 312 g/mol. The second-order valence-electron chi connectivity index (χ2n) is 5.06. The third kappa shape index (κ3) is 5.41. The minimum Gasteiger partial charge on any atom is -0.496 e. The molecule has 122 valence electrons. The van der Waals surface area contributed by atoms with Crippen LogP contribution in [-0.4, -0.2) is 18.9 Å². The monoisotopic (exact) mass is 332 g/mol. The predicted octanol–water partition coefficient (Wildman–Crippen LogP) is 2.96. The fourth-order valence-corrected chi connectivity index (χ4v) is 2.88. The van der Waals surface area contributed by atoms with Crippen molar-refractivity contribution in [1.29, 1.82) is 0 Å². The van der Waals surface area contributed by atoms with Gasteiger partial charge in [0.05, 0.1) is 7.11 Å². The predicted molar refractivity (Wildman–Crippen MR) is 91.8 cm³/mol. The molecule has 0 spiro atoms. The molecule has 0 bridgehead atoms. The zero-order valence-electron chi connectivity index (χ0n) is 13.2. The highest BCUT2D eigenvalue weighted by molar-refractivity contribution is 7.09. The van der Waals surface area contributed by atoms with E-state index in [-0.39, 0.29) is 11.8 Å².